The molecule has 0 aliphatic carbocycles. The Hall–Kier alpha value is -1.12. The van der Waals surface area contributed by atoms with Crippen molar-refractivity contribution < 1.29 is 18.3 Å². The molecule has 1 aromatic carbocycles. The van der Waals surface area contributed by atoms with E-state index in [0.29, 0.717) is 10.6 Å². The van der Waals surface area contributed by atoms with E-state index in [1.165, 1.54) is 36.6 Å². The highest BCUT2D eigenvalue weighted by molar-refractivity contribution is 7.89. The van der Waals surface area contributed by atoms with Crippen LogP contribution in [0.5, 0.6) is 5.75 Å². The molecule has 2 rings (SSSR count). The third-order valence-corrected chi connectivity index (χ3v) is 5.91. The maximum Gasteiger partial charge on any atom is 0.240 e. The zero-order valence-electron chi connectivity index (χ0n) is 12.0. The average molecular weight is 362 g/mol. The first-order valence-corrected chi connectivity index (χ1v) is 9.10. The number of methoxy groups -OCH3 is 1. The third kappa shape index (κ3) is 3.80. The number of hydrogen-bond acceptors (Lipinski definition) is 5. The van der Waals surface area contributed by atoms with Gasteiger partial charge in [0.2, 0.25) is 10.0 Å². The number of hydrogen-bond donors (Lipinski definition) is 2. The highest BCUT2D eigenvalue weighted by atomic mass is 35.5. The second-order valence-electron chi connectivity index (χ2n) is 4.87. The van der Waals surface area contributed by atoms with Gasteiger partial charge in [0.25, 0.3) is 0 Å². The highest BCUT2D eigenvalue weighted by Gasteiger charge is 2.27. The van der Waals surface area contributed by atoms with E-state index in [0.717, 1.165) is 0 Å². The molecule has 0 saturated carbocycles. The molecule has 1 heterocycles. The van der Waals surface area contributed by atoms with Gasteiger partial charge in [-0.25, -0.2) is 13.1 Å². The lowest BCUT2D eigenvalue weighted by molar-refractivity contribution is 0.0666. The van der Waals surface area contributed by atoms with Gasteiger partial charge >= 0.3 is 0 Å². The molecule has 120 valence electrons. The van der Waals surface area contributed by atoms with Gasteiger partial charge < -0.3 is 9.84 Å². The Morgan fingerprint density at radius 1 is 1.41 bits per heavy atom. The lowest BCUT2D eigenvalue weighted by Crippen LogP contribution is -2.38. The van der Waals surface area contributed by atoms with Crippen molar-refractivity contribution in [3.8, 4) is 5.75 Å². The van der Waals surface area contributed by atoms with Crippen LogP contribution in [0.3, 0.4) is 0 Å². The molecule has 0 spiro atoms. The Kier molecular flexibility index (Phi) is 5.14. The van der Waals surface area contributed by atoms with Crippen molar-refractivity contribution in [1.29, 1.82) is 0 Å². The van der Waals surface area contributed by atoms with E-state index in [1.54, 1.807) is 19.1 Å². The zero-order chi connectivity index (χ0) is 16.4. The van der Waals surface area contributed by atoms with Crippen LogP contribution in [0.15, 0.2) is 40.6 Å². The molecule has 0 bridgehead atoms. The molecule has 0 saturated heterocycles. The topological polar surface area (TPSA) is 75.6 Å². The number of benzene rings is 1. The molecule has 2 aromatic rings. The average Bonchev–Trinajstić information content (AvgIpc) is 3.00. The van der Waals surface area contributed by atoms with E-state index in [2.05, 4.69) is 4.72 Å². The van der Waals surface area contributed by atoms with Gasteiger partial charge in [-0.15, -0.1) is 11.3 Å². The molecule has 22 heavy (non-hydrogen) atoms. The third-order valence-electron chi connectivity index (χ3n) is 3.09. The lowest BCUT2D eigenvalue weighted by Gasteiger charge is -2.22. The number of rotatable bonds is 6. The number of sulfonamides is 1. The largest absolute Gasteiger partial charge is 0.495 e. The minimum absolute atomic E-state index is 0.0141. The quantitative estimate of drug-likeness (QED) is 0.829. The SMILES string of the molecule is COc1ccc(S(=O)(=O)NC[C@](C)(O)c2cccs2)cc1Cl. The van der Waals surface area contributed by atoms with Gasteiger partial charge in [-0.05, 0) is 36.6 Å². The van der Waals surface area contributed by atoms with Crippen molar-refractivity contribution in [1.82, 2.24) is 4.72 Å². The first-order valence-electron chi connectivity index (χ1n) is 6.36. The monoisotopic (exact) mass is 361 g/mol. The number of ether oxygens (including phenoxy) is 1. The molecule has 0 unspecified atom stereocenters. The standard InChI is InChI=1S/C14H16ClNO4S2/c1-14(17,13-4-3-7-21-13)9-16-22(18,19)10-5-6-12(20-2)11(15)8-10/h3-8,16-17H,9H2,1-2H3/t14-/m0/s1. The van der Waals surface area contributed by atoms with E-state index < -0.39 is 15.6 Å². The Morgan fingerprint density at radius 2 is 2.14 bits per heavy atom. The molecule has 2 N–H and O–H groups in total. The van der Waals surface area contributed by atoms with E-state index in [1.807, 2.05) is 5.38 Å². The Balaban J connectivity index is 2.16. The molecular formula is C14H16ClNO4S2. The highest BCUT2D eigenvalue weighted by Crippen LogP contribution is 2.28. The van der Waals surface area contributed by atoms with Crippen LogP contribution in [0.25, 0.3) is 0 Å². The number of halogens is 1. The van der Waals surface area contributed by atoms with E-state index >= 15 is 0 Å². The summed E-state index contributed by atoms with van der Waals surface area (Å²) in [6.45, 7) is 1.42. The van der Waals surface area contributed by atoms with Crippen LogP contribution in [-0.2, 0) is 15.6 Å². The number of aliphatic hydroxyl groups is 1. The van der Waals surface area contributed by atoms with Gasteiger partial charge in [0.1, 0.15) is 11.4 Å². The summed E-state index contributed by atoms with van der Waals surface area (Å²) in [4.78, 5) is 0.697. The van der Waals surface area contributed by atoms with Crippen LogP contribution in [-0.4, -0.2) is 27.2 Å². The molecule has 0 aliphatic heterocycles. The minimum Gasteiger partial charge on any atom is -0.495 e. The molecule has 8 heteroatoms. The molecule has 0 aliphatic rings. The molecule has 5 nitrogen and oxygen atoms in total. The normalized spacial score (nSPS) is 14.5. The van der Waals surface area contributed by atoms with Crippen molar-refractivity contribution in [3.05, 3.63) is 45.6 Å². The molecular weight excluding hydrogens is 346 g/mol. The van der Waals surface area contributed by atoms with Gasteiger partial charge in [0.05, 0.1) is 17.0 Å². The number of thiophene rings is 1. The van der Waals surface area contributed by atoms with Gasteiger partial charge in [0.15, 0.2) is 0 Å². The van der Waals surface area contributed by atoms with Crippen LogP contribution in [0.2, 0.25) is 5.02 Å². The molecule has 1 atom stereocenters. The zero-order valence-corrected chi connectivity index (χ0v) is 14.4. The first-order chi connectivity index (χ1) is 10.3. The Morgan fingerprint density at radius 3 is 2.68 bits per heavy atom. The van der Waals surface area contributed by atoms with Crippen molar-refractivity contribution in [3.63, 3.8) is 0 Å². The van der Waals surface area contributed by atoms with Crippen molar-refractivity contribution in [2.24, 2.45) is 0 Å². The summed E-state index contributed by atoms with van der Waals surface area (Å²) in [5, 5.41) is 12.4. The van der Waals surface area contributed by atoms with Gasteiger partial charge in [-0.3, -0.25) is 0 Å². The summed E-state index contributed by atoms with van der Waals surface area (Å²) in [5.41, 5.74) is -1.28. The van der Waals surface area contributed by atoms with Crippen LogP contribution >= 0.6 is 22.9 Å². The first kappa shape index (κ1) is 17.2. The van der Waals surface area contributed by atoms with Crippen molar-refractivity contribution in [2.45, 2.75) is 17.4 Å². The second-order valence-corrected chi connectivity index (χ2v) is 7.99. The predicted molar refractivity (Wildman–Crippen MR) is 87.1 cm³/mol. The molecule has 0 fully saturated rings. The molecule has 0 amide bonds. The summed E-state index contributed by atoms with van der Waals surface area (Å²) < 4.78 is 32.0. The van der Waals surface area contributed by atoms with Crippen LogP contribution in [0, 0.1) is 0 Å². The second kappa shape index (κ2) is 6.55. The van der Waals surface area contributed by atoms with Gasteiger partial charge in [-0.1, -0.05) is 17.7 Å². The van der Waals surface area contributed by atoms with Crippen LogP contribution in [0.1, 0.15) is 11.8 Å². The maximum atomic E-state index is 12.3. The summed E-state index contributed by atoms with van der Waals surface area (Å²) in [6, 6.07) is 7.74. The molecule has 0 radical (unpaired) electrons. The fourth-order valence-corrected chi connectivity index (χ4v) is 4.07. The summed E-state index contributed by atoms with van der Waals surface area (Å²) >= 11 is 7.30. The summed E-state index contributed by atoms with van der Waals surface area (Å²) in [7, 11) is -2.33. The Bertz CT molecular complexity index is 742. The molecule has 1 aromatic heterocycles. The fourth-order valence-electron chi connectivity index (χ4n) is 1.81. The van der Waals surface area contributed by atoms with E-state index in [-0.39, 0.29) is 16.5 Å². The van der Waals surface area contributed by atoms with Crippen LogP contribution < -0.4 is 9.46 Å². The van der Waals surface area contributed by atoms with Crippen molar-refractivity contribution >= 4 is 33.0 Å². The Labute approximate surface area is 138 Å². The van der Waals surface area contributed by atoms with E-state index in [9.17, 15) is 13.5 Å². The van der Waals surface area contributed by atoms with E-state index in [4.69, 9.17) is 16.3 Å². The smallest absolute Gasteiger partial charge is 0.240 e. The summed E-state index contributed by atoms with van der Waals surface area (Å²) in [6.07, 6.45) is 0. The predicted octanol–water partition coefficient (Wildman–Crippen LogP) is 2.60. The van der Waals surface area contributed by atoms with Gasteiger partial charge in [0, 0.05) is 11.4 Å². The van der Waals surface area contributed by atoms with Gasteiger partial charge in [-0.2, -0.15) is 0 Å². The fraction of sp³-hybridized carbons (Fsp3) is 0.286. The van der Waals surface area contributed by atoms with Crippen LogP contribution in [0.4, 0.5) is 0 Å². The number of nitrogens with one attached hydrogen (secondary N) is 1. The minimum atomic E-state index is -3.78. The van der Waals surface area contributed by atoms with Crippen molar-refractivity contribution in [2.75, 3.05) is 13.7 Å². The lowest BCUT2D eigenvalue weighted by atomic mass is 10.1. The summed E-state index contributed by atoms with van der Waals surface area (Å²) in [5.74, 6) is 0.395. The maximum absolute atomic E-state index is 12.3.